The Hall–Kier alpha value is -1.12. The van der Waals surface area contributed by atoms with Crippen molar-refractivity contribution in [3.05, 3.63) is 34.3 Å². The van der Waals surface area contributed by atoms with Gasteiger partial charge < -0.3 is 10.2 Å². The summed E-state index contributed by atoms with van der Waals surface area (Å²) in [5.41, 5.74) is 0.955. The molecule has 140 valence electrons. The van der Waals surface area contributed by atoms with E-state index in [1.807, 2.05) is 24.3 Å². The maximum absolute atomic E-state index is 12.5. The number of carbonyl (C=O) groups excluding carboxylic acids is 1. The van der Waals surface area contributed by atoms with Gasteiger partial charge in [0.15, 0.2) is 0 Å². The molecule has 1 aromatic carbocycles. The van der Waals surface area contributed by atoms with Crippen LogP contribution in [0.2, 0.25) is 0 Å². The third-order valence-corrected chi connectivity index (χ3v) is 6.35. The van der Waals surface area contributed by atoms with E-state index >= 15 is 0 Å². The largest absolute Gasteiger partial charge is 0.337 e. The van der Waals surface area contributed by atoms with E-state index < -0.39 is 10.0 Å². The Balaban J connectivity index is 1.92. The normalized spacial score (nSPS) is 17.2. The molecule has 1 saturated heterocycles. The summed E-state index contributed by atoms with van der Waals surface area (Å²) in [4.78, 5) is 14.2. The van der Waals surface area contributed by atoms with E-state index in [2.05, 4.69) is 35.1 Å². The molecule has 1 aliphatic heterocycles. The fraction of sp³-hybridized carbons (Fsp3) is 0.588. The van der Waals surface area contributed by atoms with Gasteiger partial charge in [-0.1, -0.05) is 41.9 Å². The summed E-state index contributed by atoms with van der Waals surface area (Å²) in [6.45, 7) is 6.48. The average Bonchev–Trinajstić information content (AvgIpc) is 2.79. The standard InChI is InChI=1S/C17H26BrN3O3S/c1-17(2,14-5-7-15(18)8-6-14)13-19-16(22)20-9-4-10-21(12-11-20)25(3,23)24/h5-8H,4,9-13H2,1-3H3,(H,19,22). The maximum Gasteiger partial charge on any atom is 0.317 e. The van der Waals surface area contributed by atoms with Gasteiger partial charge in [-0.3, -0.25) is 0 Å². The molecule has 1 N–H and O–H groups in total. The molecule has 6 nitrogen and oxygen atoms in total. The Labute approximate surface area is 158 Å². The average molecular weight is 432 g/mol. The zero-order valence-electron chi connectivity index (χ0n) is 15.0. The van der Waals surface area contributed by atoms with Crippen molar-refractivity contribution in [3.8, 4) is 0 Å². The van der Waals surface area contributed by atoms with Gasteiger partial charge in [-0.15, -0.1) is 0 Å². The molecule has 1 aliphatic rings. The number of nitrogens with zero attached hydrogens (tertiary/aromatic N) is 2. The molecular weight excluding hydrogens is 406 g/mol. The first-order chi connectivity index (χ1) is 11.6. The molecule has 2 rings (SSSR count). The highest BCUT2D eigenvalue weighted by Gasteiger charge is 2.26. The van der Waals surface area contributed by atoms with Crippen LogP contribution in [-0.2, 0) is 15.4 Å². The number of rotatable bonds is 4. The predicted molar refractivity (Wildman–Crippen MR) is 103 cm³/mol. The van der Waals surface area contributed by atoms with Gasteiger partial charge in [0.25, 0.3) is 0 Å². The van der Waals surface area contributed by atoms with E-state index in [-0.39, 0.29) is 11.4 Å². The zero-order valence-corrected chi connectivity index (χ0v) is 17.4. The molecule has 0 bridgehead atoms. The lowest BCUT2D eigenvalue weighted by Crippen LogP contribution is -2.46. The van der Waals surface area contributed by atoms with E-state index in [1.54, 1.807) is 4.90 Å². The van der Waals surface area contributed by atoms with Crippen LogP contribution in [-0.4, -0.2) is 62.6 Å². The van der Waals surface area contributed by atoms with Crippen molar-refractivity contribution < 1.29 is 13.2 Å². The Morgan fingerprint density at radius 2 is 1.80 bits per heavy atom. The molecule has 0 unspecified atom stereocenters. The summed E-state index contributed by atoms with van der Waals surface area (Å²) < 4.78 is 25.8. The molecule has 0 saturated carbocycles. The maximum atomic E-state index is 12.5. The molecule has 0 aliphatic carbocycles. The van der Waals surface area contributed by atoms with Crippen LogP contribution in [0.1, 0.15) is 25.8 Å². The van der Waals surface area contributed by atoms with Gasteiger partial charge in [0.2, 0.25) is 10.0 Å². The molecule has 1 heterocycles. The summed E-state index contributed by atoms with van der Waals surface area (Å²) in [5.74, 6) is 0. The number of halogens is 1. The van der Waals surface area contributed by atoms with E-state index in [4.69, 9.17) is 0 Å². The van der Waals surface area contributed by atoms with Crippen molar-refractivity contribution in [2.45, 2.75) is 25.7 Å². The van der Waals surface area contributed by atoms with Gasteiger partial charge in [0, 0.05) is 42.6 Å². The second-order valence-corrected chi connectivity index (χ2v) is 9.95. The minimum Gasteiger partial charge on any atom is -0.337 e. The molecular formula is C17H26BrN3O3S. The monoisotopic (exact) mass is 431 g/mol. The van der Waals surface area contributed by atoms with Gasteiger partial charge in [-0.05, 0) is 24.1 Å². The van der Waals surface area contributed by atoms with Crippen molar-refractivity contribution >= 4 is 32.0 Å². The first-order valence-corrected chi connectivity index (χ1v) is 11.0. The van der Waals surface area contributed by atoms with Crippen LogP contribution in [0.25, 0.3) is 0 Å². The van der Waals surface area contributed by atoms with Gasteiger partial charge in [0.1, 0.15) is 0 Å². The summed E-state index contributed by atoms with van der Waals surface area (Å²) >= 11 is 3.43. The van der Waals surface area contributed by atoms with Crippen LogP contribution in [0.5, 0.6) is 0 Å². The number of sulfonamides is 1. The molecule has 0 aromatic heterocycles. The van der Waals surface area contributed by atoms with Gasteiger partial charge in [0.05, 0.1) is 6.26 Å². The Bertz CT molecular complexity index is 704. The molecule has 0 radical (unpaired) electrons. The lowest BCUT2D eigenvalue weighted by Gasteiger charge is -2.28. The van der Waals surface area contributed by atoms with Gasteiger partial charge in [-0.2, -0.15) is 0 Å². The summed E-state index contributed by atoms with van der Waals surface area (Å²) in [6, 6.07) is 7.94. The SMILES string of the molecule is CC(C)(CNC(=O)N1CCCN(S(C)(=O)=O)CC1)c1ccc(Br)cc1. The number of carbonyl (C=O) groups is 1. The lowest BCUT2D eigenvalue weighted by atomic mass is 9.85. The van der Waals surface area contributed by atoms with E-state index in [9.17, 15) is 13.2 Å². The smallest absolute Gasteiger partial charge is 0.317 e. The molecule has 0 spiro atoms. The van der Waals surface area contributed by atoms with Gasteiger partial charge >= 0.3 is 6.03 Å². The fourth-order valence-corrected chi connectivity index (χ4v) is 3.98. The minimum absolute atomic E-state index is 0.138. The molecule has 25 heavy (non-hydrogen) atoms. The molecule has 0 atom stereocenters. The van der Waals surface area contributed by atoms with Crippen molar-refractivity contribution in [2.75, 3.05) is 39.0 Å². The predicted octanol–water partition coefficient (Wildman–Crippen LogP) is 2.40. The quantitative estimate of drug-likeness (QED) is 0.795. The van der Waals surface area contributed by atoms with Crippen LogP contribution in [0.3, 0.4) is 0 Å². The Kier molecular flexibility index (Phi) is 6.51. The highest BCUT2D eigenvalue weighted by molar-refractivity contribution is 9.10. The van der Waals surface area contributed by atoms with Crippen LogP contribution in [0.15, 0.2) is 28.7 Å². The van der Waals surface area contributed by atoms with Crippen molar-refractivity contribution in [2.24, 2.45) is 0 Å². The van der Waals surface area contributed by atoms with E-state index in [0.29, 0.717) is 39.1 Å². The first kappa shape index (κ1) is 20.2. The van der Waals surface area contributed by atoms with Crippen molar-refractivity contribution in [3.63, 3.8) is 0 Å². The van der Waals surface area contributed by atoms with Gasteiger partial charge in [-0.25, -0.2) is 17.5 Å². The van der Waals surface area contributed by atoms with Crippen molar-refractivity contribution in [1.29, 1.82) is 0 Å². The second kappa shape index (κ2) is 8.05. The van der Waals surface area contributed by atoms with E-state index in [1.165, 1.54) is 10.6 Å². The summed E-state index contributed by atoms with van der Waals surface area (Å²) in [6.07, 6.45) is 1.86. The number of hydrogen-bond donors (Lipinski definition) is 1. The van der Waals surface area contributed by atoms with Crippen LogP contribution >= 0.6 is 15.9 Å². The highest BCUT2D eigenvalue weighted by atomic mass is 79.9. The number of hydrogen-bond acceptors (Lipinski definition) is 3. The molecule has 1 aromatic rings. The van der Waals surface area contributed by atoms with Crippen LogP contribution in [0, 0.1) is 0 Å². The number of benzene rings is 1. The number of amides is 2. The second-order valence-electron chi connectivity index (χ2n) is 7.05. The highest BCUT2D eigenvalue weighted by Crippen LogP contribution is 2.24. The lowest BCUT2D eigenvalue weighted by molar-refractivity contribution is 0.198. The van der Waals surface area contributed by atoms with Crippen LogP contribution in [0.4, 0.5) is 4.79 Å². The minimum atomic E-state index is -3.20. The molecule has 1 fully saturated rings. The third kappa shape index (κ3) is 5.69. The molecule has 2 amide bonds. The Morgan fingerprint density at radius 3 is 2.40 bits per heavy atom. The molecule has 8 heteroatoms. The van der Waals surface area contributed by atoms with Crippen molar-refractivity contribution in [1.82, 2.24) is 14.5 Å². The summed E-state index contributed by atoms with van der Waals surface area (Å²) in [7, 11) is -3.20. The number of nitrogens with one attached hydrogen (secondary N) is 1. The Morgan fingerprint density at radius 1 is 1.16 bits per heavy atom. The zero-order chi connectivity index (χ0) is 18.7. The first-order valence-electron chi connectivity index (χ1n) is 8.33. The summed E-state index contributed by atoms with van der Waals surface area (Å²) in [5, 5.41) is 2.99. The number of urea groups is 1. The van der Waals surface area contributed by atoms with Crippen LogP contribution < -0.4 is 5.32 Å². The topological polar surface area (TPSA) is 69.7 Å². The fourth-order valence-electron chi connectivity index (χ4n) is 2.84. The third-order valence-electron chi connectivity index (χ3n) is 4.52. The van der Waals surface area contributed by atoms with E-state index in [0.717, 1.165) is 10.0 Å².